The van der Waals surface area contributed by atoms with Crippen molar-refractivity contribution in [1.82, 2.24) is 9.97 Å². The van der Waals surface area contributed by atoms with E-state index >= 15 is 0 Å². The van der Waals surface area contributed by atoms with Crippen LogP contribution in [-0.4, -0.2) is 9.97 Å². The van der Waals surface area contributed by atoms with Crippen molar-refractivity contribution in [3.05, 3.63) is 59.8 Å². The second-order valence-electron chi connectivity index (χ2n) is 4.68. The largest absolute Gasteiger partial charge is 0.339 e. The van der Waals surface area contributed by atoms with Gasteiger partial charge in [-0.05, 0) is 36.8 Å². The van der Waals surface area contributed by atoms with E-state index in [0.29, 0.717) is 6.54 Å². The summed E-state index contributed by atoms with van der Waals surface area (Å²) in [4.78, 5) is 9.19. The molecule has 3 N–H and O–H groups in total. The van der Waals surface area contributed by atoms with E-state index in [0.717, 1.165) is 33.8 Å². The fourth-order valence-corrected chi connectivity index (χ4v) is 2.12. The van der Waals surface area contributed by atoms with E-state index in [1.165, 1.54) is 0 Å². The van der Waals surface area contributed by atoms with Gasteiger partial charge < -0.3 is 11.1 Å². The first-order valence-electron chi connectivity index (χ1n) is 6.55. The summed E-state index contributed by atoms with van der Waals surface area (Å²) in [6.45, 7) is 2.48. The lowest BCUT2D eigenvalue weighted by molar-refractivity contribution is 1.07. The molecule has 0 spiro atoms. The second-order valence-corrected chi connectivity index (χ2v) is 4.68. The number of anilines is 2. The normalized spacial score (nSPS) is 10.7. The van der Waals surface area contributed by atoms with Gasteiger partial charge in [0.15, 0.2) is 5.82 Å². The lowest BCUT2D eigenvalue weighted by Crippen LogP contribution is -2.01. The fourth-order valence-electron chi connectivity index (χ4n) is 2.12. The standard InChI is InChI=1S/C16H16N4/c1-11-16(19-13-6-4-5-12(9-13)10-17)20-15-8-3-2-7-14(15)18-11/h2-9H,10,17H2,1H3,(H,19,20). The van der Waals surface area contributed by atoms with Gasteiger partial charge in [0.1, 0.15) is 0 Å². The van der Waals surface area contributed by atoms with Crippen LogP contribution in [0.4, 0.5) is 11.5 Å². The number of fused-ring (bicyclic) bond motifs is 1. The van der Waals surface area contributed by atoms with Crippen LogP contribution in [0.5, 0.6) is 0 Å². The number of benzene rings is 2. The third kappa shape index (κ3) is 2.46. The molecule has 2 aromatic carbocycles. The minimum absolute atomic E-state index is 0.526. The van der Waals surface area contributed by atoms with E-state index in [2.05, 4.69) is 15.3 Å². The van der Waals surface area contributed by atoms with Gasteiger partial charge in [0.05, 0.1) is 16.7 Å². The van der Waals surface area contributed by atoms with Gasteiger partial charge in [-0.25, -0.2) is 9.97 Å². The van der Waals surface area contributed by atoms with Gasteiger partial charge in [-0.15, -0.1) is 0 Å². The molecule has 0 aliphatic carbocycles. The Morgan fingerprint density at radius 1 is 1.00 bits per heavy atom. The summed E-state index contributed by atoms with van der Waals surface area (Å²) in [5.74, 6) is 0.776. The molecule has 1 heterocycles. The highest BCUT2D eigenvalue weighted by atomic mass is 15.0. The lowest BCUT2D eigenvalue weighted by Gasteiger charge is -2.10. The number of hydrogen-bond acceptors (Lipinski definition) is 4. The van der Waals surface area contributed by atoms with E-state index in [-0.39, 0.29) is 0 Å². The van der Waals surface area contributed by atoms with Crippen LogP contribution >= 0.6 is 0 Å². The average molecular weight is 264 g/mol. The summed E-state index contributed by atoms with van der Waals surface area (Å²) in [6, 6.07) is 15.9. The van der Waals surface area contributed by atoms with Crippen LogP contribution in [0.1, 0.15) is 11.3 Å². The minimum atomic E-state index is 0.526. The average Bonchev–Trinajstić information content (AvgIpc) is 2.48. The Kier molecular flexibility index (Phi) is 3.31. The number of aromatic nitrogens is 2. The molecular formula is C16H16N4. The maximum atomic E-state index is 5.66. The van der Waals surface area contributed by atoms with E-state index < -0.39 is 0 Å². The van der Waals surface area contributed by atoms with E-state index in [1.807, 2.05) is 55.5 Å². The third-order valence-corrected chi connectivity index (χ3v) is 3.17. The quantitative estimate of drug-likeness (QED) is 0.762. The molecule has 0 atom stereocenters. The van der Waals surface area contributed by atoms with Crippen molar-refractivity contribution in [3.8, 4) is 0 Å². The Balaban J connectivity index is 1.99. The van der Waals surface area contributed by atoms with Crippen molar-refractivity contribution < 1.29 is 0 Å². The topological polar surface area (TPSA) is 63.8 Å². The molecule has 0 saturated heterocycles. The van der Waals surface area contributed by atoms with E-state index in [9.17, 15) is 0 Å². The van der Waals surface area contributed by atoms with Crippen LogP contribution in [0.15, 0.2) is 48.5 Å². The molecule has 0 saturated carbocycles. The number of para-hydroxylation sites is 2. The first-order valence-corrected chi connectivity index (χ1v) is 6.55. The van der Waals surface area contributed by atoms with Gasteiger partial charge in [0.2, 0.25) is 0 Å². The van der Waals surface area contributed by atoms with Gasteiger partial charge in [0.25, 0.3) is 0 Å². The highest BCUT2D eigenvalue weighted by molar-refractivity contribution is 5.77. The van der Waals surface area contributed by atoms with Gasteiger partial charge in [-0.1, -0.05) is 24.3 Å². The molecule has 20 heavy (non-hydrogen) atoms. The number of rotatable bonds is 3. The monoisotopic (exact) mass is 264 g/mol. The van der Waals surface area contributed by atoms with Crippen molar-refractivity contribution in [2.45, 2.75) is 13.5 Å². The van der Waals surface area contributed by atoms with Gasteiger partial charge in [0, 0.05) is 12.2 Å². The molecule has 0 radical (unpaired) electrons. The Morgan fingerprint density at radius 3 is 2.50 bits per heavy atom. The summed E-state index contributed by atoms with van der Waals surface area (Å²) in [5, 5.41) is 3.31. The van der Waals surface area contributed by atoms with Gasteiger partial charge >= 0.3 is 0 Å². The summed E-state index contributed by atoms with van der Waals surface area (Å²) >= 11 is 0. The van der Waals surface area contributed by atoms with E-state index in [4.69, 9.17) is 5.73 Å². The fraction of sp³-hybridized carbons (Fsp3) is 0.125. The van der Waals surface area contributed by atoms with Crippen molar-refractivity contribution in [1.29, 1.82) is 0 Å². The molecular weight excluding hydrogens is 248 g/mol. The van der Waals surface area contributed by atoms with Crippen LogP contribution < -0.4 is 11.1 Å². The number of nitrogens with one attached hydrogen (secondary N) is 1. The molecule has 1 aromatic heterocycles. The molecule has 0 amide bonds. The van der Waals surface area contributed by atoms with Crippen LogP contribution in [0.2, 0.25) is 0 Å². The van der Waals surface area contributed by atoms with Crippen molar-refractivity contribution in [2.75, 3.05) is 5.32 Å². The van der Waals surface area contributed by atoms with Crippen molar-refractivity contribution >= 4 is 22.5 Å². The second kappa shape index (κ2) is 5.27. The van der Waals surface area contributed by atoms with Gasteiger partial charge in [-0.3, -0.25) is 0 Å². The minimum Gasteiger partial charge on any atom is -0.339 e. The number of aryl methyl sites for hydroxylation is 1. The first-order chi connectivity index (χ1) is 9.76. The first kappa shape index (κ1) is 12.6. The molecule has 4 heteroatoms. The predicted molar refractivity (Wildman–Crippen MR) is 81.9 cm³/mol. The maximum Gasteiger partial charge on any atom is 0.152 e. The summed E-state index contributed by atoms with van der Waals surface area (Å²) < 4.78 is 0. The Labute approximate surface area is 117 Å². The van der Waals surface area contributed by atoms with Gasteiger partial charge in [-0.2, -0.15) is 0 Å². The van der Waals surface area contributed by atoms with Crippen molar-refractivity contribution in [3.63, 3.8) is 0 Å². The highest BCUT2D eigenvalue weighted by Gasteiger charge is 2.05. The predicted octanol–water partition coefficient (Wildman–Crippen LogP) is 3.14. The lowest BCUT2D eigenvalue weighted by atomic mass is 10.2. The van der Waals surface area contributed by atoms with E-state index in [1.54, 1.807) is 0 Å². The van der Waals surface area contributed by atoms with Crippen LogP contribution in [0.3, 0.4) is 0 Å². The Morgan fingerprint density at radius 2 is 1.75 bits per heavy atom. The number of nitrogens with two attached hydrogens (primary N) is 1. The van der Waals surface area contributed by atoms with Crippen LogP contribution in [0, 0.1) is 6.92 Å². The third-order valence-electron chi connectivity index (χ3n) is 3.17. The molecule has 4 nitrogen and oxygen atoms in total. The smallest absolute Gasteiger partial charge is 0.152 e. The molecule has 0 aliphatic rings. The van der Waals surface area contributed by atoms with Crippen LogP contribution in [0.25, 0.3) is 11.0 Å². The zero-order chi connectivity index (χ0) is 13.9. The number of nitrogens with zero attached hydrogens (tertiary/aromatic N) is 2. The molecule has 0 unspecified atom stereocenters. The SMILES string of the molecule is Cc1nc2ccccc2nc1Nc1cccc(CN)c1. The zero-order valence-electron chi connectivity index (χ0n) is 11.3. The summed E-state index contributed by atoms with van der Waals surface area (Å²) in [5.41, 5.74) is 10.4. The molecule has 3 aromatic rings. The molecule has 0 fully saturated rings. The molecule has 0 bridgehead atoms. The van der Waals surface area contributed by atoms with Crippen molar-refractivity contribution in [2.24, 2.45) is 5.73 Å². The molecule has 3 rings (SSSR count). The number of hydrogen-bond donors (Lipinski definition) is 2. The van der Waals surface area contributed by atoms with Crippen LogP contribution in [-0.2, 0) is 6.54 Å². The molecule has 0 aliphatic heterocycles. The summed E-state index contributed by atoms with van der Waals surface area (Å²) in [7, 11) is 0. The zero-order valence-corrected chi connectivity index (χ0v) is 11.3. The molecule has 100 valence electrons. The maximum absolute atomic E-state index is 5.66. The highest BCUT2D eigenvalue weighted by Crippen LogP contribution is 2.21. The Bertz CT molecular complexity index is 752. The summed E-state index contributed by atoms with van der Waals surface area (Å²) in [6.07, 6.45) is 0. The Hall–Kier alpha value is -2.46.